The van der Waals surface area contributed by atoms with Crippen molar-refractivity contribution in [1.82, 2.24) is 4.98 Å². The first-order valence-corrected chi connectivity index (χ1v) is 6.82. The molecule has 0 saturated carbocycles. The molecule has 20 heavy (non-hydrogen) atoms. The van der Waals surface area contributed by atoms with Crippen molar-refractivity contribution in [2.24, 2.45) is 0 Å². The molecular weight excluding hydrogens is 325 g/mol. The summed E-state index contributed by atoms with van der Waals surface area (Å²) in [5.41, 5.74) is 0.427. The van der Waals surface area contributed by atoms with E-state index >= 15 is 0 Å². The summed E-state index contributed by atoms with van der Waals surface area (Å²) in [7, 11) is 1.27. The number of pyridine rings is 1. The molecule has 4 nitrogen and oxygen atoms in total. The summed E-state index contributed by atoms with van der Waals surface area (Å²) < 4.78 is 10.1. The minimum atomic E-state index is -0.588. The van der Waals surface area contributed by atoms with Gasteiger partial charge in [-0.2, -0.15) is 0 Å². The number of benzene rings is 1. The monoisotopic (exact) mass is 333 g/mol. The van der Waals surface area contributed by atoms with Crippen LogP contribution in [0.4, 0.5) is 0 Å². The lowest BCUT2D eigenvalue weighted by Crippen LogP contribution is -2.06. The number of hydrogen-bond donors (Lipinski definition) is 0. The van der Waals surface area contributed by atoms with E-state index in [1.807, 2.05) is 6.92 Å². The van der Waals surface area contributed by atoms with E-state index in [0.29, 0.717) is 23.3 Å². The topological polar surface area (TPSA) is 48.4 Å². The molecule has 0 atom stereocenters. The van der Waals surface area contributed by atoms with Crippen LogP contribution in [0.5, 0.6) is 5.75 Å². The van der Waals surface area contributed by atoms with Crippen molar-refractivity contribution < 1.29 is 14.3 Å². The van der Waals surface area contributed by atoms with E-state index in [-0.39, 0.29) is 20.8 Å². The SMILES string of the molecule is CCOc1cc(C(=O)OC)nc2c(Cl)cc(Cl)c(Cl)c12. The minimum Gasteiger partial charge on any atom is -0.493 e. The van der Waals surface area contributed by atoms with Gasteiger partial charge in [-0.25, -0.2) is 9.78 Å². The highest BCUT2D eigenvalue weighted by molar-refractivity contribution is 6.48. The Labute approximate surface area is 130 Å². The van der Waals surface area contributed by atoms with Gasteiger partial charge in [0.25, 0.3) is 0 Å². The molecule has 0 aliphatic carbocycles. The summed E-state index contributed by atoms with van der Waals surface area (Å²) in [6.45, 7) is 2.20. The van der Waals surface area contributed by atoms with Crippen LogP contribution in [0, 0.1) is 0 Å². The number of aromatic nitrogens is 1. The molecule has 0 spiro atoms. The molecule has 0 aliphatic rings. The van der Waals surface area contributed by atoms with Gasteiger partial charge in [-0.1, -0.05) is 34.8 Å². The summed E-state index contributed by atoms with van der Waals surface area (Å²) in [5, 5.41) is 1.32. The second-order valence-electron chi connectivity index (χ2n) is 3.81. The molecule has 0 amide bonds. The van der Waals surface area contributed by atoms with Crippen LogP contribution >= 0.6 is 34.8 Å². The van der Waals surface area contributed by atoms with Gasteiger partial charge < -0.3 is 9.47 Å². The molecule has 1 heterocycles. The summed E-state index contributed by atoms with van der Waals surface area (Å²) in [6.07, 6.45) is 0. The number of ether oxygens (including phenoxy) is 2. The third-order valence-electron chi connectivity index (χ3n) is 2.59. The largest absolute Gasteiger partial charge is 0.493 e. The van der Waals surface area contributed by atoms with Gasteiger partial charge in [0.2, 0.25) is 0 Å². The van der Waals surface area contributed by atoms with Gasteiger partial charge in [-0.3, -0.25) is 0 Å². The number of esters is 1. The van der Waals surface area contributed by atoms with Crippen molar-refractivity contribution in [3.8, 4) is 5.75 Å². The van der Waals surface area contributed by atoms with E-state index in [9.17, 15) is 4.79 Å². The van der Waals surface area contributed by atoms with Gasteiger partial charge in [0.15, 0.2) is 5.69 Å². The quantitative estimate of drug-likeness (QED) is 0.617. The fourth-order valence-electron chi connectivity index (χ4n) is 1.75. The van der Waals surface area contributed by atoms with Crippen molar-refractivity contribution in [3.63, 3.8) is 0 Å². The lowest BCUT2D eigenvalue weighted by atomic mass is 10.1. The number of nitrogens with zero attached hydrogens (tertiary/aromatic N) is 1. The van der Waals surface area contributed by atoms with Crippen LogP contribution in [0.2, 0.25) is 15.1 Å². The Bertz CT molecular complexity index is 688. The van der Waals surface area contributed by atoms with Crippen molar-refractivity contribution in [3.05, 3.63) is 32.9 Å². The molecule has 0 saturated heterocycles. The summed E-state index contributed by atoms with van der Waals surface area (Å²) in [5.74, 6) is -0.206. The maximum Gasteiger partial charge on any atom is 0.356 e. The lowest BCUT2D eigenvalue weighted by molar-refractivity contribution is 0.0594. The molecule has 7 heteroatoms. The first-order chi connectivity index (χ1) is 9.49. The van der Waals surface area contributed by atoms with E-state index in [2.05, 4.69) is 9.72 Å². The second-order valence-corrected chi connectivity index (χ2v) is 5.00. The molecule has 0 unspecified atom stereocenters. The van der Waals surface area contributed by atoms with Crippen LogP contribution in [0.15, 0.2) is 12.1 Å². The van der Waals surface area contributed by atoms with Gasteiger partial charge in [0.05, 0.1) is 39.7 Å². The van der Waals surface area contributed by atoms with Crippen LogP contribution in [0.25, 0.3) is 10.9 Å². The molecule has 1 aromatic heterocycles. The second kappa shape index (κ2) is 6.04. The highest BCUT2D eigenvalue weighted by Gasteiger charge is 2.19. The molecule has 0 aliphatic heterocycles. The summed E-state index contributed by atoms with van der Waals surface area (Å²) in [4.78, 5) is 15.8. The maximum absolute atomic E-state index is 11.6. The Hall–Kier alpha value is -1.23. The van der Waals surface area contributed by atoms with E-state index in [1.165, 1.54) is 19.2 Å². The van der Waals surface area contributed by atoms with Crippen molar-refractivity contribution >= 4 is 51.7 Å². The fourth-order valence-corrected chi connectivity index (χ4v) is 2.49. The predicted molar refractivity (Wildman–Crippen MR) is 79.3 cm³/mol. The Morgan fingerprint density at radius 1 is 1.25 bits per heavy atom. The molecule has 2 aromatic rings. The zero-order valence-electron chi connectivity index (χ0n) is 10.7. The lowest BCUT2D eigenvalue weighted by Gasteiger charge is -2.12. The molecule has 0 radical (unpaired) electrons. The zero-order valence-corrected chi connectivity index (χ0v) is 12.9. The van der Waals surface area contributed by atoms with Gasteiger partial charge >= 0.3 is 5.97 Å². The Kier molecular flexibility index (Phi) is 4.58. The summed E-state index contributed by atoms with van der Waals surface area (Å²) >= 11 is 18.3. The van der Waals surface area contributed by atoms with Crippen LogP contribution in [0.1, 0.15) is 17.4 Å². The minimum absolute atomic E-state index is 0.0868. The number of rotatable bonds is 3. The van der Waals surface area contributed by atoms with Gasteiger partial charge in [0, 0.05) is 6.07 Å². The number of hydrogen-bond acceptors (Lipinski definition) is 4. The Morgan fingerprint density at radius 2 is 1.95 bits per heavy atom. The van der Waals surface area contributed by atoms with Crippen LogP contribution < -0.4 is 4.74 Å². The van der Waals surface area contributed by atoms with E-state index < -0.39 is 5.97 Å². The van der Waals surface area contributed by atoms with Crippen LogP contribution in [-0.4, -0.2) is 24.7 Å². The average Bonchev–Trinajstić information content (AvgIpc) is 2.43. The molecule has 0 fully saturated rings. The molecule has 0 bridgehead atoms. The number of halogens is 3. The van der Waals surface area contributed by atoms with Crippen LogP contribution in [0.3, 0.4) is 0 Å². The standard InChI is InChI=1S/C13H10Cl3NO3/c1-3-20-9-5-8(13(18)19-2)17-12-7(15)4-6(14)11(16)10(9)12/h4-5H,3H2,1-2H3. The highest BCUT2D eigenvalue weighted by atomic mass is 35.5. The highest BCUT2D eigenvalue weighted by Crippen LogP contribution is 2.40. The normalized spacial score (nSPS) is 10.7. The molecule has 0 N–H and O–H groups in total. The van der Waals surface area contributed by atoms with Gasteiger partial charge in [-0.15, -0.1) is 0 Å². The third kappa shape index (κ3) is 2.64. The van der Waals surface area contributed by atoms with Crippen LogP contribution in [-0.2, 0) is 4.74 Å². The van der Waals surface area contributed by atoms with E-state index in [0.717, 1.165) is 0 Å². The number of carbonyl (C=O) groups is 1. The smallest absolute Gasteiger partial charge is 0.356 e. The Balaban J connectivity index is 2.85. The fraction of sp³-hybridized carbons (Fsp3) is 0.231. The van der Waals surface area contributed by atoms with Crippen molar-refractivity contribution in [2.75, 3.05) is 13.7 Å². The first kappa shape index (κ1) is 15.2. The molecular formula is C13H10Cl3NO3. The number of methoxy groups -OCH3 is 1. The average molecular weight is 335 g/mol. The van der Waals surface area contributed by atoms with E-state index in [4.69, 9.17) is 39.5 Å². The number of carbonyl (C=O) groups excluding carboxylic acids is 1. The maximum atomic E-state index is 11.6. The third-order valence-corrected chi connectivity index (χ3v) is 3.66. The summed E-state index contributed by atoms with van der Waals surface area (Å²) in [6, 6.07) is 2.92. The first-order valence-electron chi connectivity index (χ1n) is 5.69. The molecule has 106 valence electrons. The van der Waals surface area contributed by atoms with Crippen molar-refractivity contribution in [1.29, 1.82) is 0 Å². The number of fused-ring (bicyclic) bond motifs is 1. The zero-order chi connectivity index (χ0) is 14.9. The molecule has 2 rings (SSSR count). The molecule has 1 aromatic carbocycles. The Morgan fingerprint density at radius 3 is 2.55 bits per heavy atom. The van der Waals surface area contributed by atoms with Gasteiger partial charge in [-0.05, 0) is 13.0 Å². The van der Waals surface area contributed by atoms with E-state index in [1.54, 1.807) is 0 Å². The van der Waals surface area contributed by atoms with Gasteiger partial charge in [0.1, 0.15) is 5.75 Å². The predicted octanol–water partition coefficient (Wildman–Crippen LogP) is 4.38. The van der Waals surface area contributed by atoms with Crippen molar-refractivity contribution in [2.45, 2.75) is 6.92 Å².